The van der Waals surface area contributed by atoms with Gasteiger partial charge in [-0.1, -0.05) is 37.7 Å². The summed E-state index contributed by atoms with van der Waals surface area (Å²) in [5.74, 6) is -2.36. The molecule has 15 heavy (non-hydrogen) atoms. The van der Waals surface area contributed by atoms with E-state index in [4.69, 9.17) is 5.73 Å². The van der Waals surface area contributed by atoms with Crippen molar-refractivity contribution in [2.45, 2.75) is 29.9 Å². The maximum Gasteiger partial charge on any atom is 0.288 e. The Kier molecular flexibility index (Phi) is 4.11. The van der Waals surface area contributed by atoms with Gasteiger partial charge in [0.25, 0.3) is 5.76 Å². The molecule has 0 spiro atoms. The molecule has 0 radical (unpaired) electrons. The molecule has 0 saturated heterocycles. The molecule has 0 atom stereocenters. The molecule has 84 valence electrons. The minimum atomic E-state index is -2.36. The number of rotatable bonds is 4. The Labute approximate surface area is 93.1 Å². The number of hydrogen-bond donors (Lipinski definition) is 1. The van der Waals surface area contributed by atoms with Crippen LogP contribution in [0.15, 0.2) is 29.2 Å². The third-order valence-electron chi connectivity index (χ3n) is 2.37. The van der Waals surface area contributed by atoms with Gasteiger partial charge in [0.1, 0.15) is 0 Å². The van der Waals surface area contributed by atoms with Crippen LogP contribution >= 0.6 is 11.8 Å². The van der Waals surface area contributed by atoms with E-state index in [2.05, 4.69) is 0 Å². The summed E-state index contributed by atoms with van der Waals surface area (Å²) >= 11 is 0.561. The summed E-state index contributed by atoms with van der Waals surface area (Å²) < 4.78 is 24.1. The number of thioether (sulfide) groups is 1. The van der Waals surface area contributed by atoms with Gasteiger partial charge in [0.05, 0.1) is 0 Å². The van der Waals surface area contributed by atoms with E-state index in [1.165, 1.54) is 0 Å². The Morgan fingerprint density at radius 1 is 1.27 bits per heavy atom. The fraction of sp³-hybridized carbons (Fsp3) is 0.455. The molecule has 0 fully saturated rings. The smallest absolute Gasteiger partial charge is 0.288 e. The molecular formula is C11H15F2NS. The van der Waals surface area contributed by atoms with Gasteiger partial charge in [0.15, 0.2) is 0 Å². The van der Waals surface area contributed by atoms with Crippen LogP contribution in [0.5, 0.6) is 0 Å². The normalized spacial score (nSPS) is 12.1. The Bertz CT molecular complexity index is 309. The fourth-order valence-electron chi connectivity index (χ4n) is 1.21. The molecule has 0 saturated carbocycles. The summed E-state index contributed by atoms with van der Waals surface area (Å²) in [4.78, 5) is 0.585. The van der Waals surface area contributed by atoms with E-state index in [-0.39, 0.29) is 5.41 Å². The predicted octanol–water partition coefficient (Wildman–Crippen LogP) is 3.24. The van der Waals surface area contributed by atoms with Crippen molar-refractivity contribution in [2.24, 2.45) is 5.73 Å². The zero-order valence-electron chi connectivity index (χ0n) is 8.84. The maximum atomic E-state index is 12.1. The molecule has 0 amide bonds. The summed E-state index contributed by atoms with van der Waals surface area (Å²) in [6.45, 7) is 4.60. The van der Waals surface area contributed by atoms with Gasteiger partial charge in [-0.05, 0) is 17.7 Å². The standard InChI is InChI=1S/C11H15F2NS/c1-11(2,7-14)8-3-5-9(6-4-8)15-10(12)13/h3-6,10H,7,14H2,1-2H3. The average molecular weight is 231 g/mol. The maximum absolute atomic E-state index is 12.1. The van der Waals surface area contributed by atoms with Crippen LogP contribution in [0, 0.1) is 0 Å². The number of halogens is 2. The van der Waals surface area contributed by atoms with E-state index in [0.717, 1.165) is 5.56 Å². The van der Waals surface area contributed by atoms with Crippen LogP contribution in [0.25, 0.3) is 0 Å². The highest BCUT2D eigenvalue weighted by Crippen LogP contribution is 2.28. The molecule has 4 heteroatoms. The Morgan fingerprint density at radius 2 is 1.80 bits per heavy atom. The van der Waals surface area contributed by atoms with Crippen LogP contribution in [-0.4, -0.2) is 12.3 Å². The molecule has 0 aliphatic heterocycles. The Balaban J connectivity index is 2.81. The van der Waals surface area contributed by atoms with Gasteiger partial charge in [-0.2, -0.15) is 8.78 Å². The predicted molar refractivity (Wildman–Crippen MR) is 60.4 cm³/mol. The van der Waals surface area contributed by atoms with Gasteiger partial charge in [0, 0.05) is 16.9 Å². The van der Waals surface area contributed by atoms with E-state index >= 15 is 0 Å². The highest BCUT2D eigenvalue weighted by Gasteiger charge is 2.18. The summed E-state index contributed by atoms with van der Waals surface area (Å²) in [6, 6.07) is 7.14. The molecular weight excluding hydrogens is 216 g/mol. The van der Waals surface area contributed by atoms with Crippen molar-refractivity contribution in [1.82, 2.24) is 0 Å². The molecule has 0 aromatic heterocycles. The van der Waals surface area contributed by atoms with Crippen LogP contribution in [-0.2, 0) is 5.41 Å². The lowest BCUT2D eigenvalue weighted by atomic mass is 9.85. The van der Waals surface area contributed by atoms with Crippen LogP contribution < -0.4 is 5.73 Å². The molecule has 0 bridgehead atoms. The van der Waals surface area contributed by atoms with Crippen molar-refractivity contribution in [3.05, 3.63) is 29.8 Å². The number of alkyl halides is 2. The number of hydrogen-bond acceptors (Lipinski definition) is 2. The minimum Gasteiger partial charge on any atom is -0.330 e. The average Bonchev–Trinajstić information content (AvgIpc) is 2.18. The zero-order chi connectivity index (χ0) is 11.5. The highest BCUT2D eigenvalue weighted by atomic mass is 32.2. The largest absolute Gasteiger partial charge is 0.330 e. The van der Waals surface area contributed by atoms with Gasteiger partial charge in [0.2, 0.25) is 0 Å². The van der Waals surface area contributed by atoms with Gasteiger partial charge in [-0.25, -0.2) is 0 Å². The van der Waals surface area contributed by atoms with Crippen molar-refractivity contribution in [2.75, 3.05) is 6.54 Å². The van der Waals surface area contributed by atoms with Gasteiger partial charge < -0.3 is 5.73 Å². The van der Waals surface area contributed by atoms with E-state index in [0.29, 0.717) is 23.2 Å². The Morgan fingerprint density at radius 3 is 2.20 bits per heavy atom. The lowest BCUT2D eigenvalue weighted by molar-refractivity contribution is 0.252. The topological polar surface area (TPSA) is 26.0 Å². The SMILES string of the molecule is CC(C)(CN)c1ccc(SC(F)F)cc1. The lowest BCUT2D eigenvalue weighted by Crippen LogP contribution is -2.27. The second-order valence-corrected chi connectivity index (χ2v) is 5.05. The third kappa shape index (κ3) is 3.47. The molecule has 0 heterocycles. The first kappa shape index (κ1) is 12.5. The van der Waals surface area contributed by atoms with Crippen LogP contribution in [0.3, 0.4) is 0 Å². The van der Waals surface area contributed by atoms with Crippen molar-refractivity contribution in [1.29, 1.82) is 0 Å². The van der Waals surface area contributed by atoms with Crippen molar-refractivity contribution >= 4 is 11.8 Å². The van der Waals surface area contributed by atoms with E-state index in [1.54, 1.807) is 12.1 Å². The van der Waals surface area contributed by atoms with E-state index in [1.807, 2.05) is 26.0 Å². The molecule has 1 nitrogen and oxygen atoms in total. The second-order valence-electron chi connectivity index (χ2n) is 3.99. The van der Waals surface area contributed by atoms with Gasteiger partial charge in [-0.15, -0.1) is 0 Å². The summed E-state index contributed by atoms with van der Waals surface area (Å²) in [5, 5.41) is 0. The quantitative estimate of drug-likeness (QED) is 0.805. The highest BCUT2D eigenvalue weighted by molar-refractivity contribution is 7.99. The monoisotopic (exact) mass is 231 g/mol. The molecule has 2 N–H and O–H groups in total. The zero-order valence-corrected chi connectivity index (χ0v) is 9.65. The first-order valence-electron chi connectivity index (χ1n) is 4.71. The van der Waals surface area contributed by atoms with Crippen molar-refractivity contribution in [3.8, 4) is 0 Å². The Hall–Kier alpha value is -0.610. The lowest BCUT2D eigenvalue weighted by Gasteiger charge is -2.23. The van der Waals surface area contributed by atoms with Crippen molar-refractivity contribution < 1.29 is 8.78 Å². The second kappa shape index (κ2) is 4.94. The molecule has 1 aromatic carbocycles. The third-order valence-corrected chi connectivity index (χ3v) is 3.09. The van der Waals surface area contributed by atoms with Crippen LogP contribution in [0.4, 0.5) is 8.78 Å². The van der Waals surface area contributed by atoms with Gasteiger partial charge in [-0.3, -0.25) is 0 Å². The summed E-state index contributed by atoms with van der Waals surface area (Å²) in [6.07, 6.45) is 0. The van der Waals surface area contributed by atoms with E-state index in [9.17, 15) is 8.78 Å². The number of benzene rings is 1. The summed E-state index contributed by atoms with van der Waals surface area (Å²) in [5.41, 5.74) is 6.60. The van der Waals surface area contributed by atoms with Crippen molar-refractivity contribution in [3.63, 3.8) is 0 Å². The first-order chi connectivity index (χ1) is 6.95. The minimum absolute atomic E-state index is 0.103. The summed E-state index contributed by atoms with van der Waals surface area (Å²) in [7, 11) is 0. The molecule has 0 aliphatic carbocycles. The number of nitrogens with two attached hydrogens (primary N) is 1. The first-order valence-corrected chi connectivity index (χ1v) is 5.59. The van der Waals surface area contributed by atoms with Crippen LogP contribution in [0.2, 0.25) is 0 Å². The van der Waals surface area contributed by atoms with Crippen LogP contribution in [0.1, 0.15) is 19.4 Å². The molecule has 0 aliphatic rings. The molecule has 0 unspecified atom stereocenters. The molecule has 1 rings (SSSR count). The van der Waals surface area contributed by atoms with Gasteiger partial charge >= 0.3 is 0 Å². The fourth-order valence-corrected chi connectivity index (χ4v) is 1.70. The molecule has 1 aromatic rings. The van der Waals surface area contributed by atoms with E-state index < -0.39 is 5.76 Å².